The summed E-state index contributed by atoms with van der Waals surface area (Å²) in [6.45, 7) is 0.734. The van der Waals surface area contributed by atoms with Crippen LogP contribution in [0.4, 0.5) is 17.1 Å². The normalized spacial score (nSPS) is 9.71. The van der Waals surface area contributed by atoms with Crippen LogP contribution in [0.25, 0.3) is 0 Å². The fourth-order valence-electron chi connectivity index (χ4n) is 2.14. The van der Waals surface area contributed by atoms with Crippen molar-refractivity contribution in [2.45, 2.75) is 6.92 Å². The van der Waals surface area contributed by atoms with E-state index in [1.165, 1.54) is 37.3 Å². The Kier molecular flexibility index (Phi) is 6.38. The molecular formula is C18H14N4O6. The Hall–Kier alpha value is -4.26. The number of hydrogen-bond acceptors (Lipinski definition) is 7. The Morgan fingerprint density at radius 2 is 1.82 bits per heavy atom. The number of carbonyl (C=O) groups is 3. The van der Waals surface area contributed by atoms with Gasteiger partial charge in [-0.05, 0) is 30.3 Å². The van der Waals surface area contributed by atoms with Crippen molar-refractivity contribution >= 4 is 34.8 Å². The van der Waals surface area contributed by atoms with Crippen LogP contribution in [0.1, 0.15) is 22.8 Å². The van der Waals surface area contributed by atoms with E-state index in [9.17, 15) is 24.5 Å². The first-order valence-corrected chi connectivity index (χ1v) is 7.83. The predicted molar refractivity (Wildman–Crippen MR) is 97.5 cm³/mol. The third-order valence-electron chi connectivity index (χ3n) is 3.38. The van der Waals surface area contributed by atoms with Crippen LogP contribution < -0.4 is 10.6 Å². The van der Waals surface area contributed by atoms with Crippen molar-refractivity contribution in [3.05, 3.63) is 63.7 Å². The third-order valence-corrected chi connectivity index (χ3v) is 3.38. The van der Waals surface area contributed by atoms with Gasteiger partial charge in [0.2, 0.25) is 5.91 Å². The molecule has 0 fully saturated rings. The zero-order valence-corrected chi connectivity index (χ0v) is 14.6. The lowest BCUT2D eigenvalue weighted by molar-refractivity contribution is -0.384. The molecule has 0 heterocycles. The molecule has 0 atom stereocenters. The topological polar surface area (TPSA) is 151 Å². The van der Waals surface area contributed by atoms with Gasteiger partial charge in [0.15, 0.2) is 6.61 Å². The molecule has 10 heteroatoms. The lowest BCUT2D eigenvalue weighted by atomic mass is 10.1. The fourth-order valence-corrected chi connectivity index (χ4v) is 2.14. The highest BCUT2D eigenvalue weighted by atomic mass is 16.6. The van der Waals surface area contributed by atoms with Gasteiger partial charge in [0.1, 0.15) is 6.07 Å². The minimum atomic E-state index is -0.756. The zero-order chi connectivity index (χ0) is 20.7. The van der Waals surface area contributed by atoms with E-state index in [4.69, 9.17) is 10.00 Å². The van der Waals surface area contributed by atoms with E-state index in [1.807, 2.05) is 0 Å². The maximum atomic E-state index is 12.0. The molecule has 2 amide bonds. The molecule has 0 saturated heterocycles. The van der Waals surface area contributed by atoms with Gasteiger partial charge >= 0.3 is 5.97 Å². The van der Waals surface area contributed by atoms with Crippen molar-refractivity contribution in [1.29, 1.82) is 5.26 Å². The molecule has 0 saturated carbocycles. The van der Waals surface area contributed by atoms with Gasteiger partial charge in [-0.25, -0.2) is 4.79 Å². The number of benzene rings is 2. The second kappa shape index (κ2) is 8.91. The third kappa shape index (κ3) is 5.37. The van der Waals surface area contributed by atoms with E-state index in [1.54, 1.807) is 6.07 Å². The summed E-state index contributed by atoms with van der Waals surface area (Å²) in [5, 5.41) is 24.7. The number of amides is 2. The average molecular weight is 382 g/mol. The Labute approximate surface area is 158 Å². The summed E-state index contributed by atoms with van der Waals surface area (Å²) in [7, 11) is 0. The van der Waals surface area contributed by atoms with E-state index >= 15 is 0 Å². The van der Waals surface area contributed by atoms with Gasteiger partial charge in [-0.1, -0.05) is 0 Å². The summed E-state index contributed by atoms with van der Waals surface area (Å²) in [5.41, 5.74) is 0.360. The number of nitrogens with one attached hydrogen (secondary N) is 2. The van der Waals surface area contributed by atoms with Crippen molar-refractivity contribution in [2.75, 3.05) is 17.2 Å². The number of non-ortho nitro benzene ring substituents is 1. The van der Waals surface area contributed by atoms with Crippen LogP contribution in [-0.4, -0.2) is 29.3 Å². The van der Waals surface area contributed by atoms with Crippen molar-refractivity contribution in [3.8, 4) is 6.07 Å². The number of ether oxygens (including phenoxy) is 1. The molecular weight excluding hydrogens is 368 g/mol. The molecule has 0 aromatic heterocycles. The minimum Gasteiger partial charge on any atom is -0.452 e. The molecule has 0 aliphatic carbocycles. The SMILES string of the molecule is CC(=O)Nc1ccc(C(=O)OCC(=O)Nc2ccc([N+](=O)[O-])cc2C#N)cc1. The van der Waals surface area contributed by atoms with E-state index in [-0.39, 0.29) is 28.4 Å². The molecule has 2 aromatic rings. The van der Waals surface area contributed by atoms with Crippen LogP contribution in [0.15, 0.2) is 42.5 Å². The number of nitrogens with zero attached hydrogens (tertiary/aromatic N) is 2. The number of nitriles is 1. The molecule has 0 aliphatic heterocycles. The van der Waals surface area contributed by atoms with Crippen LogP contribution in [0, 0.1) is 21.4 Å². The highest BCUT2D eigenvalue weighted by molar-refractivity contribution is 5.96. The Morgan fingerprint density at radius 1 is 1.14 bits per heavy atom. The largest absolute Gasteiger partial charge is 0.452 e. The number of nitro groups is 1. The molecule has 0 unspecified atom stereocenters. The first-order chi connectivity index (χ1) is 13.3. The molecule has 28 heavy (non-hydrogen) atoms. The van der Waals surface area contributed by atoms with Gasteiger partial charge in [-0.15, -0.1) is 0 Å². The molecule has 2 rings (SSSR count). The quantitative estimate of drug-likeness (QED) is 0.441. The summed E-state index contributed by atoms with van der Waals surface area (Å²) in [6, 6.07) is 11.0. The molecule has 0 radical (unpaired) electrons. The molecule has 0 bridgehead atoms. The van der Waals surface area contributed by atoms with Gasteiger partial charge in [-0.3, -0.25) is 19.7 Å². The van der Waals surface area contributed by atoms with E-state index in [0.717, 1.165) is 12.1 Å². The Bertz CT molecular complexity index is 979. The first kappa shape index (κ1) is 20.1. The second-order valence-electron chi connectivity index (χ2n) is 5.48. The summed E-state index contributed by atoms with van der Waals surface area (Å²) in [4.78, 5) is 44.9. The van der Waals surface area contributed by atoms with Crippen LogP contribution in [0.3, 0.4) is 0 Å². The molecule has 2 aromatic carbocycles. The maximum Gasteiger partial charge on any atom is 0.338 e. The highest BCUT2D eigenvalue weighted by Crippen LogP contribution is 2.21. The van der Waals surface area contributed by atoms with Gasteiger partial charge in [0, 0.05) is 24.7 Å². The Balaban J connectivity index is 1.95. The number of hydrogen-bond donors (Lipinski definition) is 2. The standard InChI is InChI=1S/C18H14N4O6/c1-11(23)20-14-4-2-12(3-5-14)18(25)28-10-17(24)21-16-7-6-15(22(26)27)8-13(16)9-19/h2-8H,10H2,1H3,(H,20,23)(H,21,24). The molecule has 10 nitrogen and oxygen atoms in total. The summed E-state index contributed by atoms with van der Waals surface area (Å²) < 4.78 is 4.89. The van der Waals surface area contributed by atoms with Gasteiger partial charge in [0.25, 0.3) is 11.6 Å². The second-order valence-corrected chi connectivity index (χ2v) is 5.48. The first-order valence-electron chi connectivity index (χ1n) is 7.83. The van der Waals surface area contributed by atoms with Gasteiger partial charge in [-0.2, -0.15) is 5.26 Å². The average Bonchev–Trinajstić information content (AvgIpc) is 2.66. The fraction of sp³-hybridized carbons (Fsp3) is 0.111. The van der Waals surface area contributed by atoms with Crippen molar-refractivity contribution < 1.29 is 24.0 Å². The van der Waals surface area contributed by atoms with Crippen LogP contribution in [0.5, 0.6) is 0 Å². The zero-order valence-electron chi connectivity index (χ0n) is 14.6. The van der Waals surface area contributed by atoms with Gasteiger partial charge in [0.05, 0.1) is 21.7 Å². The number of anilines is 2. The van der Waals surface area contributed by atoms with Crippen LogP contribution >= 0.6 is 0 Å². The van der Waals surface area contributed by atoms with Crippen molar-refractivity contribution in [1.82, 2.24) is 0 Å². The Morgan fingerprint density at radius 3 is 2.39 bits per heavy atom. The molecule has 0 spiro atoms. The lowest BCUT2D eigenvalue weighted by Crippen LogP contribution is -2.21. The smallest absolute Gasteiger partial charge is 0.338 e. The van der Waals surface area contributed by atoms with E-state index in [2.05, 4.69) is 10.6 Å². The number of nitro benzene ring substituents is 1. The number of carbonyl (C=O) groups excluding carboxylic acids is 3. The van der Waals surface area contributed by atoms with Gasteiger partial charge < -0.3 is 15.4 Å². The van der Waals surface area contributed by atoms with E-state index in [0.29, 0.717) is 5.69 Å². The van der Waals surface area contributed by atoms with Crippen molar-refractivity contribution in [2.24, 2.45) is 0 Å². The number of esters is 1. The summed E-state index contributed by atoms with van der Waals surface area (Å²) in [6.07, 6.45) is 0. The number of rotatable bonds is 6. The predicted octanol–water partition coefficient (Wildman–Crippen LogP) is 2.22. The lowest BCUT2D eigenvalue weighted by Gasteiger charge is -2.08. The highest BCUT2D eigenvalue weighted by Gasteiger charge is 2.14. The van der Waals surface area contributed by atoms with Crippen molar-refractivity contribution in [3.63, 3.8) is 0 Å². The monoisotopic (exact) mass is 382 g/mol. The molecule has 2 N–H and O–H groups in total. The summed E-state index contributed by atoms with van der Waals surface area (Å²) >= 11 is 0. The maximum absolute atomic E-state index is 12.0. The molecule has 0 aliphatic rings. The summed E-state index contributed by atoms with van der Waals surface area (Å²) in [5.74, 6) is -1.72. The van der Waals surface area contributed by atoms with Crippen LogP contribution in [0.2, 0.25) is 0 Å². The van der Waals surface area contributed by atoms with E-state index < -0.39 is 23.4 Å². The minimum absolute atomic E-state index is 0.0637. The molecule has 142 valence electrons. The van der Waals surface area contributed by atoms with Crippen LogP contribution in [-0.2, 0) is 14.3 Å².